The fraction of sp³-hybridized carbons (Fsp3) is 0.667. The number of nitriles is 1. The third-order valence-electron chi connectivity index (χ3n) is 4.05. The van der Waals surface area contributed by atoms with Crippen molar-refractivity contribution in [1.82, 2.24) is 0 Å². The summed E-state index contributed by atoms with van der Waals surface area (Å²) in [5, 5.41) is 9.51. The number of rotatable bonds is 3. The van der Waals surface area contributed by atoms with Gasteiger partial charge in [0, 0.05) is 16.2 Å². The Morgan fingerprint density at radius 1 is 1.35 bits per heavy atom. The highest BCUT2D eigenvalue weighted by atomic mass is 32.1. The zero-order valence-corrected chi connectivity index (χ0v) is 11.6. The highest BCUT2D eigenvalue weighted by Gasteiger charge is 2.34. The van der Waals surface area contributed by atoms with Crippen molar-refractivity contribution in [3.05, 3.63) is 21.9 Å². The minimum absolute atomic E-state index is 0.0671. The first-order chi connectivity index (χ1) is 8.17. The molecule has 92 valence electrons. The lowest BCUT2D eigenvalue weighted by atomic mass is 9.70. The van der Waals surface area contributed by atoms with Crippen molar-refractivity contribution in [2.24, 2.45) is 11.3 Å². The zero-order valence-electron chi connectivity index (χ0n) is 10.8. The van der Waals surface area contributed by atoms with Crippen molar-refractivity contribution < 1.29 is 0 Å². The molecule has 0 bridgehead atoms. The first-order valence-electron chi connectivity index (χ1n) is 6.66. The van der Waals surface area contributed by atoms with Gasteiger partial charge in [0.25, 0.3) is 0 Å². The van der Waals surface area contributed by atoms with Gasteiger partial charge in [-0.1, -0.05) is 13.8 Å². The molecule has 1 aromatic rings. The maximum Gasteiger partial charge on any atom is 0.0693 e. The molecule has 0 aromatic carbocycles. The van der Waals surface area contributed by atoms with E-state index >= 15 is 0 Å². The minimum atomic E-state index is -0.0671. The van der Waals surface area contributed by atoms with Gasteiger partial charge in [-0.2, -0.15) is 5.26 Å². The molecule has 0 atom stereocenters. The quantitative estimate of drug-likeness (QED) is 0.767. The van der Waals surface area contributed by atoms with E-state index in [1.165, 1.54) is 22.6 Å². The molecule has 0 saturated heterocycles. The van der Waals surface area contributed by atoms with Crippen LogP contribution in [0.3, 0.4) is 0 Å². The van der Waals surface area contributed by atoms with Crippen LogP contribution in [0.4, 0.5) is 0 Å². The van der Waals surface area contributed by atoms with E-state index in [9.17, 15) is 5.26 Å². The Morgan fingerprint density at radius 2 is 2.00 bits per heavy atom. The summed E-state index contributed by atoms with van der Waals surface area (Å²) in [7, 11) is 0. The Labute approximate surface area is 108 Å². The first-order valence-corrected chi connectivity index (χ1v) is 7.48. The molecule has 1 aliphatic rings. The molecule has 2 rings (SSSR count). The van der Waals surface area contributed by atoms with Gasteiger partial charge < -0.3 is 0 Å². The standard InChI is InChI=1S/C15H21NS/c1-3-13-4-5-14(17-13)10-15(11-16)8-6-12(2)7-9-15/h4-5,12H,3,6-10H2,1-2H3. The molecule has 2 heteroatoms. The molecule has 1 aromatic heterocycles. The smallest absolute Gasteiger partial charge is 0.0693 e. The van der Waals surface area contributed by atoms with Crippen LogP contribution in [-0.2, 0) is 12.8 Å². The monoisotopic (exact) mass is 247 g/mol. The topological polar surface area (TPSA) is 23.8 Å². The van der Waals surface area contributed by atoms with Crippen LogP contribution in [0.15, 0.2) is 12.1 Å². The first kappa shape index (κ1) is 12.6. The van der Waals surface area contributed by atoms with Crippen molar-refractivity contribution in [2.75, 3.05) is 0 Å². The summed E-state index contributed by atoms with van der Waals surface area (Å²) in [4.78, 5) is 2.84. The van der Waals surface area contributed by atoms with Gasteiger partial charge in [0.15, 0.2) is 0 Å². The van der Waals surface area contributed by atoms with Gasteiger partial charge in [-0.25, -0.2) is 0 Å². The summed E-state index contributed by atoms with van der Waals surface area (Å²) in [6.07, 6.45) is 6.70. The lowest BCUT2D eigenvalue weighted by Crippen LogP contribution is -2.27. The van der Waals surface area contributed by atoms with Crippen LogP contribution in [0, 0.1) is 22.7 Å². The molecule has 1 heterocycles. The van der Waals surface area contributed by atoms with Gasteiger partial charge >= 0.3 is 0 Å². The lowest BCUT2D eigenvalue weighted by Gasteiger charge is -2.33. The lowest BCUT2D eigenvalue weighted by molar-refractivity contribution is 0.220. The molecule has 1 aliphatic carbocycles. The van der Waals surface area contributed by atoms with Crippen LogP contribution in [0.5, 0.6) is 0 Å². The van der Waals surface area contributed by atoms with E-state index in [0.717, 1.165) is 31.6 Å². The second-order valence-corrected chi connectivity index (χ2v) is 6.73. The van der Waals surface area contributed by atoms with Crippen LogP contribution in [0.1, 0.15) is 49.3 Å². The van der Waals surface area contributed by atoms with E-state index in [1.54, 1.807) is 0 Å². The molecule has 0 unspecified atom stereocenters. The third-order valence-corrected chi connectivity index (χ3v) is 5.28. The van der Waals surface area contributed by atoms with E-state index in [2.05, 4.69) is 32.0 Å². The van der Waals surface area contributed by atoms with Crippen LogP contribution in [0.25, 0.3) is 0 Å². The van der Waals surface area contributed by atoms with Gasteiger partial charge in [-0.15, -0.1) is 11.3 Å². The molecule has 0 amide bonds. The molecular formula is C15H21NS. The van der Waals surface area contributed by atoms with Crippen molar-refractivity contribution in [2.45, 2.75) is 52.4 Å². The van der Waals surface area contributed by atoms with E-state index < -0.39 is 0 Å². The third kappa shape index (κ3) is 2.90. The Kier molecular flexibility index (Phi) is 3.89. The summed E-state index contributed by atoms with van der Waals surface area (Å²) >= 11 is 1.89. The highest BCUT2D eigenvalue weighted by Crippen LogP contribution is 2.41. The summed E-state index contributed by atoms with van der Waals surface area (Å²) in [5.41, 5.74) is -0.0671. The van der Waals surface area contributed by atoms with E-state index in [0.29, 0.717) is 0 Å². The van der Waals surface area contributed by atoms with E-state index in [1.807, 2.05) is 11.3 Å². The van der Waals surface area contributed by atoms with Crippen LogP contribution in [0.2, 0.25) is 0 Å². The SMILES string of the molecule is CCc1ccc(CC2(C#N)CCC(C)CC2)s1. The Bertz CT molecular complexity index is 405. The maximum atomic E-state index is 9.51. The van der Waals surface area contributed by atoms with Crippen LogP contribution < -0.4 is 0 Å². The van der Waals surface area contributed by atoms with Crippen molar-refractivity contribution >= 4 is 11.3 Å². The normalized spacial score (nSPS) is 28.9. The fourth-order valence-electron chi connectivity index (χ4n) is 2.68. The van der Waals surface area contributed by atoms with Gasteiger partial charge in [0.1, 0.15) is 0 Å². The Hall–Kier alpha value is -0.810. The predicted molar refractivity (Wildman–Crippen MR) is 73.1 cm³/mol. The second-order valence-electron chi connectivity index (χ2n) is 5.47. The molecule has 0 aliphatic heterocycles. The number of hydrogen-bond donors (Lipinski definition) is 0. The Balaban J connectivity index is 2.07. The molecule has 1 nitrogen and oxygen atoms in total. The highest BCUT2D eigenvalue weighted by molar-refractivity contribution is 7.11. The van der Waals surface area contributed by atoms with Crippen molar-refractivity contribution in [1.29, 1.82) is 5.26 Å². The second kappa shape index (κ2) is 5.23. The number of thiophene rings is 1. The zero-order chi connectivity index (χ0) is 12.3. The summed E-state index contributed by atoms with van der Waals surface area (Å²) in [5.74, 6) is 0.811. The van der Waals surface area contributed by atoms with Crippen LogP contribution >= 0.6 is 11.3 Å². The summed E-state index contributed by atoms with van der Waals surface area (Å²) in [6.45, 7) is 4.50. The van der Waals surface area contributed by atoms with Crippen molar-refractivity contribution in [3.8, 4) is 6.07 Å². The summed E-state index contributed by atoms with van der Waals surface area (Å²) < 4.78 is 0. The molecule has 17 heavy (non-hydrogen) atoms. The average molecular weight is 247 g/mol. The summed E-state index contributed by atoms with van der Waals surface area (Å²) in [6, 6.07) is 7.06. The fourth-order valence-corrected chi connectivity index (χ4v) is 3.79. The molecule has 0 N–H and O–H groups in total. The number of aryl methyl sites for hydroxylation is 1. The molecule has 1 fully saturated rings. The van der Waals surface area contributed by atoms with Gasteiger partial charge in [-0.05, 0) is 50.2 Å². The van der Waals surface area contributed by atoms with E-state index in [4.69, 9.17) is 0 Å². The largest absolute Gasteiger partial charge is 0.198 e. The van der Waals surface area contributed by atoms with Gasteiger partial charge in [0.2, 0.25) is 0 Å². The predicted octanol–water partition coefficient (Wildman–Crippen LogP) is 4.57. The van der Waals surface area contributed by atoms with Crippen molar-refractivity contribution in [3.63, 3.8) is 0 Å². The van der Waals surface area contributed by atoms with E-state index in [-0.39, 0.29) is 5.41 Å². The molecular weight excluding hydrogens is 226 g/mol. The van der Waals surface area contributed by atoms with Gasteiger partial charge in [-0.3, -0.25) is 0 Å². The Morgan fingerprint density at radius 3 is 2.53 bits per heavy atom. The maximum absolute atomic E-state index is 9.51. The van der Waals surface area contributed by atoms with Gasteiger partial charge in [0.05, 0.1) is 11.5 Å². The average Bonchev–Trinajstić information content (AvgIpc) is 2.80. The molecule has 1 saturated carbocycles. The number of hydrogen-bond acceptors (Lipinski definition) is 2. The molecule has 0 radical (unpaired) electrons. The van der Waals surface area contributed by atoms with Crippen LogP contribution in [-0.4, -0.2) is 0 Å². The minimum Gasteiger partial charge on any atom is -0.198 e. The number of nitrogens with zero attached hydrogens (tertiary/aromatic N) is 1. The molecule has 0 spiro atoms.